The molecule has 15 N–H and O–H groups in total. The van der Waals surface area contributed by atoms with E-state index in [0.29, 0.717) is 43.2 Å². The molecule has 4 saturated heterocycles. The molecule has 5 aliphatic heterocycles. The number of hydrogen-bond acceptors (Lipinski definition) is 29. The molecule has 112 heavy (non-hydrogen) atoms. The molecule has 0 saturated carbocycles. The van der Waals surface area contributed by atoms with E-state index >= 15 is 0 Å². The summed E-state index contributed by atoms with van der Waals surface area (Å²) in [6.45, 7) is 22.0. The van der Waals surface area contributed by atoms with Crippen molar-refractivity contribution in [2.24, 2.45) is 41.4 Å². The maximum absolute atomic E-state index is 14.2. The maximum Gasteiger partial charge on any atom is 0.312 e. The average Bonchev–Trinajstić information content (AvgIpc) is 1.27. The Balaban J connectivity index is 0.948. The van der Waals surface area contributed by atoms with Crippen LogP contribution >= 0.6 is 0 Å². The number of ketones is 3. The number of fused-ring (bicyclic) bond motifs is 3. The Morgan fingerprint density at radius 1 is 0.607 bits per heavy atom. The number of Topliss-reactive ketones (excluding diaryl/α,β-unsaturated/α-hetero) is 2. The van der Waals surface area contributed by atoms with E-state index in [1.807, 2.05) is 6.92 Å². The van der Waals surface area contributed by atoms with E-state index in [-0.39, 0.29) is 125 Å². The van der Waals surface area contributed by atoms with Gasteiger partial charge < -0.3 is 119 Å². The predicted molar refractivity (Wildman–Crippen MR) is 405 cm³/mol. The number of aliphatic hydroxyl groups is 15. The Kier molecular flexibility index (Phi) is 36.4. The first-order valence-corrected chi connectivity index (χ1v) is 41.0. The van der Waals surface area contributed by atoms with Crippen molar-refractivity contribution >= 4 is 29.3 Å². The van der Waals surface area contributed by atoms with Crippen LogP contribution in [0.1, 0.15) is 257 Å². The van der Waals surface area contributed by atoms with Crippen LogP contribution in [0, 0.1) is 41.4 Å². The second-order valence-corrected chi connectivity index (χ2v) is 33.9. The van der Waals surface area contributed by atoms with Crippen molar-refractivity contribution in [3.63, 3.8) is 0 Å². The molecular weight excluding hydrogens is 1460 g/mol. The zero-order valence-electron chi connectivity index (χ0n) is 67.7. The molecule has 4 fully saturated rings. The lowest BCUT2D eigenvalue weighted by atomic mass is 9.78. The molecule has 34 unspecified atom stereocenters. The molecule has 5 heterocycles. The van der Waals surface area contributed by atoms with Gasteiger partial charge in [-0.2, -0.15) is 0 Å². The van der Waals surface area contributed by atoms with Crippen LogP contribution in [0.25, 0.3) is 0 Å². The number of benzene rings is 1. The number of ether oxygens (including phenoxy) is 9. The molecule has 0 radical (unpaired) electrons. The fourth-order valence-corrected chi connectivity index (χ4v) is 16.7. The molecule has 0 spiro atoms. The number of hydrogen-bond donors (Lipinski definition) is 15. The third kappa shape index (κ3) is 25.9. The number of cyclic esters (lactones) is 1. The minimum Gasteiger partial charge on any atom is -0.461 e. The summed E-state index contributed by atoms with van der Waals surface area (Å²) in [5, 5.41) is 168. The molecule has 34 atom stereocenters. The first-order valence-electron chi connectivity index (χ1n) is 41.0. The molecule has 1 aromatic rings. The number of carbonyl (C=O) groups excluding carboxylic acids is 5. The Morgan fingerprint density at radius 2 is 1.23 bits per heavy atom. The van der Waals surface area contributed by atoms with Crippen LogP contribution in [0.3, 0.4) is 0 Å². The quantitative estimate of drug-likeness (QED) is 0.0701. The van der Waals surface area contributed by atoms with Gasteiger partial charge in [0, 0.05) is 72.5 Å². The third-order valence-corrected chi connectivity index (χ3v) is 24.3. The topological polar surface area (TPSA) is 472 Å². The normalized spacial score (nSPS) is 40.2. The molecule has 6 aliphatic rings. The minimum absolute atomic E-state index is 0.0452. The molecule has 640 valence electrons. The Bertz CT molecular complexity index is 3200. The summed E-state index contributed by atoms with van der Waals surface area (Å²) in [6, 6.07) is 4.76. The van der Waals surface area contributed by atoms with Gasteiger partial charge in [-0.15, -0.1) is 0 Å². The first-order chi connectivity index (χ1) is 52.5. The van der Waals surface area contributed by atoms with E-state index in [0.717, 1.165) is 0 Å². The second kappa shape index (κ2) is 42.9. The zero-order chi connectivity index (χ0) is 83.1. The highest BCUT2D eigenvalue weighted by atomic mass is 16.7. The summed E-state index contributed by atoms with van der Waals surface area (Å²) in [6.07, 6.45) is -20.5. The SMILES string of the molecule is CCC(OC1CC(C)(O)C(OC2CCC(OC(=O)C(C)C(OC3CCC(O)C(C)O3)c3ccc4c(c3)C(=O)C=C(C)C4=O)C(C)O2)C(C)O1)C(C)C(O)C(C)C(O)C(C)C1OC(=O)CCC(C)C(O)CC(O)CCCC(O)CCC(C)C(O)C(=O)C2(O)OC(CC(O)CC(O)CC(O)CCCC(O)/C=C/C1C)CC(O)C2O. The number of esters is 2. The van der Waals surface area contributed by atoms with Crippen LogP contribution in [0.2, 0.25) is 0 Å². The van der Waals surface area contributed by atoms with E-state index < -0.39 is 224 Å². The molecule has 2 bridgehead atoms. The van der Waals surface area contributed by atoms with Crippen molar-refractivity contribution in [3.8, 4) is 0 Å². The van der Waals surface area contributed by atoms with Crippen molar-refractivity contribution in [2.45, 2.75) is 389 Å². The number of carbonyl (C=O) groups is 5. The molecular formula is C83H134O29. The largest absolute Gasteiger partial charge is 0.461 e. The van der Waals surface area contributed by atoms with E-state index in [9.17, 15) is 101 Å². The molecule has 29 nitrogen and oxygen atoms in total. The highest BCUT2D eigenvalue weighted by Gasteiger charge is 2.56. The Hall–Kier alpha value is -4.23. The van der Waals surface area contributed by atoms with Crippen molar-refractivity contribution in [3.05, 3.63) is 58.7 Å². The van der Waals surface area contributed by atoms with Crippen LogP contribution in [0.4, 0.5) is 0 Å². The van der Waals surface area contributed by atoms with Gasteiger partial charge in [0.2, 0.25) is 5.78 Å². The summed E-state index contributed by atoms with van der Waals surface area (Å²) in [4.78, 5) is 67.9. The predicted octanol–water partition coefficient (Wildman–Crippen LogP) is 5.23. The summed E-state index contributed by atoms with van der Waals surface area (Å²) < 4.78 is 56.2. The van der Waals surface area contributed by atoms with E-state index in [2.05, 4.69) is 0 Å². The van der Waals surface area contributed by atoms with Gasteiger partial charge in [0.05, 0.1) is 115 Å². The van der Waals surface area contributed by atoms with Gasteiger partial charge in [-0.3, -0.25) is 24.0 Å². The Labute approximate surface area is 659 Å². The fourth-order valence-electron chi connectivity index (χ4n) is 16.7. The number of rotatable bonds is 17. The van der Waals surface area contributed by atoms with Gasteiger partial charge in [-0.1, -0.05) is 66.7 Å². The fraction of sp³-hybridized carbons (Fsp3) is 0.819. The summed E-state index contributed by atoms with van der Waals surface area (Å²) in [5.74, 6) is -11.6. The van der Waals surface area contributed by atoms with E-state index in [4.69, 9.17) is 42.6 Å². The van der Waals surface area contributed by atoms with Crippen LogP contribution in [0.15, 0.2) is 42.0 Å². The van der Waals surface area contributed by atoms with Crippen molar-refractivity contribution in [1.29, 1.82) is 0 Å². The van der Waals surface area contributed by atoms with Gasteiger partial charge in [0.1, 0.15) is 30.5 Å². The lowest BCUT2D eigenvalue weighted by Crippen LogP contribution is -2.65. The van der Waals surface area contributed by atoms with Gasteiger partial charge in [0.25, 0.3) is 5.79 Å². The van der Waals surface area contributed by atoms with Crippen molar-refractivity contribution in [2.75, 3.05) is 0 Å². The third-order valence-electron chi connectivity index (χ3n) is 24.3. The standard InChI is InChI=1S/C83H134O29/c1-14-66(107-71-40-82(13,102)80(51(12)106-71)111-70-32-29-67(50(11)105-70)108-81(101)48(9)77(110-69-31-28-62(90)49(10)104-69)52-24-27-60-61(34-52)64(92)33-44(5)72(60)95)45(6)74(97)46(7)75(98)47(8)76-43(4)22-26-54(85)17-15-19-55(86)35-57(88)36-58(89)37-59-39-65(93)78(99)83(103,112-59)79(100)73(96)42(3)21-25-53(84)18-16-20-56(87)38-63(91)41(2)23-30-68(94)109-76/h22,24,26-27,33-34,41-43,45-51,53-59,62-63,65-67,69-71,73-78,80,84-91,93,96-99,102-103H,14-21,23,25,28-32,35-40H2,1-13H3/b26-22+. The molecule has 29 heteroatoms. The highest BCUT2D eigenvalue weighted by molar-refractivity contribution is 6.24. The minimum atomic E-state index is -3.06. The summed E-state index contributed by atoms with van der Waals surface area (Å²) in [5.41, 5.74) is -0.343. The molecule has 0 amide bonds. The molecule has 0 aromatic heterocycles. The monoisotopic (exact) mass is 1590 g/mol. The van der Waals surface area contributed by atoms with Crippen LogP contribution < -0.4 is 0 Å². The van der Waals surface area contributed by atoms with Gasteiger partial charge in [0.15, 0.2) is 30.4 Å². The van der Waals surface area contributed by atoms with Gasteiger partial charge in [-0.25, -0.2) is 0 Å². The first kappa shape index (κ1) is 94.9. The molecule has 1 aliphatic carbocycles. The van der Waals surface area contributed by atoms with Crippen LogP contribution in [-0.2, 0) is 57.0 Å². The van der Waals surface area contributed by atoms with Gasteiger partial charge >= 0.3 is 11.9 Å². The van der Waals surface area contributed by atoms with E-state index in [1.165, 1.54) is 19.1 Å². The number of aliphatic hydroxyl groups excluding tert-OH is 13. The molecule has 7 rings (SSSR count). The lowest BCUT2D eigenvalue weighted by Gasteiger charge is -2.47. The Morgan fingerprint density at radius 3 is 1.89 bits per heavy atom. The summed E-state index contributed by atoms with van der Waals surface area (Å²) in [7, 11) is 0. The second-order valence-electron chi connectivity index (χ2n) is 33.9. The highest BCUT2D eigenvalue weighted by Crippen LogP contribution is 2.41. The van der Waals surface area contributed by atoms with Crippen LogP contribution in [-0.4, -0.2) is 264 Å². The van der Waals surface area contributed by atoms with Crippen molar-refractivity contribution < 1.29 is 143 Å². The average molecular weight is 1600 g/mol. The van der Waals surface area contributed by atoms with Crippen LogP contribution in [0.5, 0.6) is 0 Å². The zero-order valence-corrected chi connectivity index (χ0v) is 67.7. The van der Waals surface area contributed by atoms with Gasteiger partial charge in [-0.05, 0) is 180 Å². The molecule has 1 aromatic carbocycles. The van der Waals surface area contributed by atoms with E-state index in [1.54, 1.807) is 100 Å². The summed E-state index contributed by atoms with van der Waals surface area (Å²) >= 11 is 0. The lowest BCUT2D eigenvalue weighted by molar-refractivity contribution is -0.330. The number of allylic oxidation sites excluding steroid dienone is 2. The smallest absolute Gasteiger partial charge is 0.312 e. The van der Waals surface area contributed by atoms with Crippen molar-refractivity contribution in [1.82, 2.24) is 0 Å². The maximum atomic E-state index is 14.2.